The summed E-state index contributed by atoms with van der Waals surface area (Å²) in [6.45, 7) is 3.70. The molecule has 0 radical (unpaired) electrons. The molecular weight excluding hydrogens is 360 g/mol. The first-order chi connectivity index (χ1) is 12.7. The number of thiazole rings is 1. The Bertz CT molecular complexity index is 861. The third-order valence-corrected chi connectivity index (χ3v) is 5.93. The monoisotopic (exact) mass is 382 g/mol. The van der Waals surface area contributed by atoms with Gasteiger partial charge in [-0.2, -0.15) is 11.8 Å². The van der Waals surface area contributed by atoms with Crippen molar-refractivity contribution < 1.29 is 4.79 Å². The van der Waals surface area contributed by atoms with Crippen molar-refractivity contribution in [2.45, 2.75) is 31.8 Å². The summed E-state index contributed by atoms with van der Waals surface area (Å²) in [4.78, 5) is 18.8. The molecule has 0 N–H and O–H groups in total. The molecular formula is C21H22N2OS2. The van der Waals surface area contributed by atoms with E-state index in [1.165, 1.54) is 16.9 Å². The summed E-state index contributed by atoms with van der Waals surface area (Å²) in [5, 5.41) is 2.80. The van der Waals surface area contributed by atoms with E-state index >= 15 is 0 Å². The molecule has 1 heterocycles. The number of benzene rings is 2. The van der Waals surface area contributed by atoms with Gasteiger partial charge in [0.2, 0.25) is 5.91 Å². The first kappa shape index (κ1) is 18.7. The van der Waals surface area contributed by atoms with Crippen LogP contribution in [-0.4, -0.2) is 10.9 Å². The highest BCUT2D eigenvalue weighted by Crippen LogP contribution is 2.32. The first-order valence-corrected chi connectivity index (χ1v) is 10.7. The molecule has 26 heavy (non-hydrogen) atoms. The largest absolute Gasteiger partial charge is 0.274 e. The molecule has 3 rings (SSSR count). The predicted molar refractivity (Wildman–Crippen MR) is 112 cm³/mol. The molecule has 0 atom stereocenters. The number of aromatic nitrogens is 1. The van der Waals surface area contributed by atoms with E-state index in [0.717, 1.165) is 40.0 Å². The number of hydrogen-bond donors (Lipinski definition) is 0. The summed E-state index contributed by atoms with van der Waals surface area (Å²) >= 11 is 3.36. The Morgan fingerprint density at radius 3 is 2.54 bits per heavy atom. The second-order valence-corrected chi connectivity index (χ2v) is 7.76. The normalized spacial score (nSPS) is 10.7. The predicted octanol–water partition coefficient (Wildman–Crippen LogP) is 5.82. The number of hydrogen-bond acceptors (Lipinski definition) is 4. The van der Waals surface area contributed by atoms with Gasteiger partial charge in [-0.25, -0.2) is 4.98 Å². The number of nitrogens with zero attached hydrogens (tertiary/aromatic N) is 2. The van der Waals surface area contributed by atoms with E-state index in [1.54, 1.807) is 11.8 Å². The molecule has 0 saturated carbocycles. The quantitative estimate of drug-likeness (QED) is 0.516. The van der Waals surface area contributed by atoms with E-state index in [4.69, 9.17) is 4.98 Å². The van der Waals surface area contributed by atoms with Crippen LogP contribution in [0.25, 0.3) is 0 Å². The second-order valence-electron chi connectivity index (χ2n) is 5.94. The number of amides is 1. The topological polar surface area (TPSA) is 33.2 Å². The number of carbonyl (C=O) groups is 1. The minimum absolute atomic E-state index is 0.0104. The Labute approximate surface area is 163 Å². The number of carbonyl (C=O) groups excluding carboxylic acids is 1. The standard InChI is InChI=1S/C21H22N2OS2/c1-3-18-11-7-8-12-20(18)23(16(2)24)21-22-19(15-26-21)14-25-13-17-9-5-4-6-10-17/h4-12,15H,3,13-14H2,1-2H3. The van der Waals surface area contributed by atoms with Crippen molar-refractivity contribution in [3.05, 3.63) is 76.8 Å². The van der Waals surface area contributed by atoms with Crippen molar-refractivity contribution in [1.29, 1.82) is 0 Å². The minimum atomic E-state index is -0.0104. The molecule has 0 aliphatic carbocycles. The molecule has 5 heteroatoms. The molecule has 0 saturated heterocycles. The van der Waals surface area contributed by atoms with Crippen LogP contribution in [0.2, 0.25) is 0 Å². The lowest BCUT2D eigenvalue weighted by Gasteiger charge is -2.20. The Morgan fingerprint density at radius 1 is 1.08 bits per heavy atom. The van der Waals surface area contributed by atoms with Crippen LogP contribution in [-0.2, 0) is 22.7 Å². The zero-order valence-electron chi connectivity index (χ0n) is 15.0. The van der Waals surface area contributed by atoms with E-state index in [2.05, 4.69) is 42.6 Å². The average molecular weight is 383 g/mol. The van der Waals surface area contributed by atoms with Crippen LogP contribution >= 0.6 is 23.1 Å². The molecule has 3 aromatic rings. The summed E-state index contributed by atoms with van der Waals surface area (Å²) in [6.07, 6.45) is 0.880. The van der Waals surface area contributed by atoms with Gasteiger partial charge in [0.15, 0.2) is 5.13 Å². The SMILES string of the molecule is CCc1ccccc1N(C(C)=O)c1nc(CSCc2ccccc2)cs1. The summed E-state index contributed by atoms with van der Waals surface area (Å²) in [5.41, 5.74) is 4.42. The molecule has 1 amide bonds. The Hall–Kier alpha value is -2.11. The first-order valence-electron chi connectivity index (χ1n) is 8.63. The smallest absolute Gasteiger partial charge is 0.230 e. The van der Waals surface area contributed by atoms with Crippen LogP contribution in [0.5, 0.6) is 0 Å². The lowest BCUT2D eigenvalue weighted by atomic mass is 10.1. The van der Waals surface area contributed by atoms with Gasteiger partial charge in [0.1, 0.15) is 0 Å². The van der Waals surface area contributed by atoms with Crippen molar-refractivity contribution >= 4 is 39.8 Å². The molecule has 0 aliphatic heterocycles. The van der Waals surface area contributed by atoms with Crippen LogP contribution in [0.3, 0.4) is 0 Å². The second kappa shape index (κ2) is 9.01. The summed E-state index contributed by atoms with van der Waals surface area (Å²) < 4.78 is 0. The molecule has 0 unspecified atom stereocenters. The molecule has 0 bridgehead atoms. The van der Waals surface area contributed by atoms with Crippen LogP contribution in [0.4, 0.5) is 10.8 Å². The molecule has 1 aromatic heterocycles. The number of aryl methyl sites for hydroxylation is 1. The molecule has 0 fully saturated rings. The van der Waals surface area contributed by atoms with Crippen molar-refractivity contribution in [1.82, 2.24) is 4.98 Å². The van der Waals surface area contributed by atoms with Crippen molar-refractivity contribution in [2.24, 2.45) is 0 Å². The fraction of sp³-hybridized carbons (Fsp3) is 0.238. The zero-order valence-corrected chi connectivity index (χ0v) is 16.6. The van der Waals surface area contributed by atoms with Crippen LogP contribution in [0.1, 0.15) is 30.7 Å². The highest BCUT2D eigenvalue weighted by atomic mass is 32.2. The van der Waals surface area contributed by atoms with Crippen LogP contribution in [0.15, 0.2) is 60.0 Å². The number of thioether (sulfide) groups is 1. The lowest BCUT2D eigenvalue weighted by molar-refractivity contribution is -0.115. The van der Waals surface area contributed by atoms with Gasteiger partial charge in [0.25, 0.3) is 0 Å². The van der Waals surface area contributed by atoms with E-state index < -0.39 is 0 Å². The van der Waals surface area contributed by atoms with Crippen LogP contribution in [0, 0.1) is 0 Å². The van der Waals surface area contributed by atoms with Gasteiger partial charge in [0.05, 0.1) is 11.4 Å². The fourth-order valence-electron chi connectivity index (χ4n) is 2.75. The molecule has 0 spiro atoms. The van der Waals surface area contributed by atoms with Gasteiger partial charge in [0, 0.05) is 23.8 Å². The van der Waals surface area contributed by atoms with Crippen molar-refractivity contribution in [2.75, 3.05) is 4.90 Å². The van der Waals surface area contributed by atoms with Gasteiger partial charge in [-0.3, -0.25) is 9.69 Å². The maximum absolute atomic E-state index is 12.3. The molecule has 134 valence electrons. The van der Waals surface area contributed by atoms with E-state index in [-0.39, 0.29) is 5.91 Å². The highest BCUT2D eigenvalue weighted by molar-refractivity contribution is 7.97. The maximum Gasteiger partial charge on any atom is 0.230 e. The van der Waals surface area contributed by atoms with Gasteiger partial charge >= 0.3 is 0 Å². The van der Waals surface area contributed by atoms with Crippen molar-refractivity contribution in [3.63, 3.8) is 0 Å². The summed E-state index contributed by atoms with van der Waals surface area (Å²) in [5.74, 6) is 1.79. The molecule has 3 nitrogen and oxygen atoms in total. The molecule has 0 aliphatic rings. The summed E-state index contributed by atoms with van der Waals surface area (Å²) in [6, 6.07) is 18.5. The van der Waals surface area contributed by atoms with Gasteiger partial charge < -0.3 is 0 Å². The fourth-order valence-corrected chi connectivity index (χ4v) is 4.62. The van der Waals surface area contributed by atoms with Gasteiger partial charge in [-0.15, -0.1) is 11.3 Å². The molecule has 2 aromatic carbocycles. The number of anilines is 2. The zero-order chi connectivity index (χ0) is 18.4. The minimum Gasteiger partial charge on any atom is -0.274 e. The number of para-hydroxylation sites is 1. The Kier molecular flexibility index (Phi) is 6.47. The lowest BCUT2D eigenvalue weighted by Crippen LogP contribution is -2.23. The van der Waals surface area contributed by atoms with Crippen molar-refractivity contribution in [3.8, 4) is 0 Å². The maximum atomic E-state index is 12.3. The van der Waals surface area contributed by atoms with Gasteiger partial charge in [-0.05, 0) is 23.6 Å². The van der Waals surface area contributed by atoms with E-state index in [1.807, 2.05) is 36.0 Å². The number of rotatable bonds is 7. The van der Waals surface area contributed by atoms with E-state index in [0.29, 0.717) is 0 Å². The summed E-state index contributed by atoms with van der Waals surface area (Å²) in [7, 11) is 0. The third-order valence-electron chi connectivity index (χ3n) is 4.02. The Morgan fingerprint density at radius 2 is 1.81 bits per heavy atom. The third kappa shape index (κ3) is 4.54. The average Bonchev–Trinajstić information content (AvgIpc) is 3.11. The highest BCUT2D eigenvalue weighted by Gasteiger charge is 2.20. The van der Waals surface area contributed by atoms with Crippen LogP contribution < -0.4 is 4.90 Å². The van der Waals surface area contributed by atoms with E-state index in [9.17, 15) is 4.79 Å². The Balaban J connectivity index is 1.73. The van der Waals surface area contributed by atoms with Gasteiger partial charge in [-0.1, -0.05) is 55.5 Å².